The van der Waals surface area contributed by atoms with E-state index in [4.69, 9.17) is 0 Å². The number of rotatable bonds is 0. The van der Waals surface area contributed by atoms with Crippen LogP contribution in [0.5, 0.6) is 0 Å². The summed E-state index contributed by atoms with van der Waals surface area (Å²) in [4.78, 5) is 0. The van der Waals surface area contributed by atoms with Crippen LogP contribution in [0.1, 0.15) is 30.4 Å². The van der Waals surface area contributed by atoms with Crippen molar-refractivity contribution in [2.24, 2.45) is 0 Å². The van der Waals surface area contributed by atoms with E-state index in [1.54, 1.807) is 0 Å². The third-order valence-electron chi connectivity index (χ3n) is 5.41. The van der Waals surface area contributed by atoms with Crippen molar-refractivity contribution in [3.05, 3.63) is 64.9 Å². The summed E-state index contributed by atoms with van der Waals surface area (Å²) in [7, 11) is 0. The molecule has 106 valence electrons. The Morgan fingerprint density at radius 3 is 2.41 bits per heavy atom. The molecule has 5 rings (SSSR count). The first-order valence-electron chi connectivity index (χ1n) is 8.12. The average molecular weight is 282 g/mol. The van der Waals surface area contributed by atoms with Gasteiger partial charge >= 0.3 is 0 Å². The van der Waals surface area contributed by atoms with Crippen LogP contribution in [0, 0.1) is 6.92 Å². The fourth-order valence-electron chi connectivity index (χ4n) is 4.28. The van der Waals surface area contributed by atoms with E-state index in [2.05, 4.69) is 68.5 Å². The van der Waals surface area contributed by atoms with Crippen molar-refractivity contribution in [3.8, 4) is 0 Å². The van der Waals surface area contributed by atoms with Crippen LogP contribution in [-0.4, -0.2) is 0 Å². The Balaban J connectivity index is 2.23. The molecule has 0 bridgehead atoms. The van der Waals surface area contributed by atoms with Crippen LogP contribution < -0.4 is 5.22 Å². The SMILES string of the molecule is Cc1ccc2c3cccc4c3c(c3cccc1c32)=CCC4C. The lowest BCUT2D eigenvalue weighted by molar-refractivity contribution is 0.803. The van der Waals surface area contributed by atoms with E-state index in [1.165, 1.54) is 48.7 Å². The molecular weight excluding hydrogens is 264 g/mol. The molecule has 0 heteroatoms. The van der Waals surface area contributed by atoms with E-state index >= 15 is 0 Å². The van der Waals surface area contributed by atoms with Crippen LogP contribution in [-0.2, 0) is 0 Å². The van der Waals surface area contributed by atoms with Crippen LogP contribution in [0.4, 0.5) is 0 Å². The molecule has 1 atom stereocenters. The molecule has 0 spiro atoms. The minimum Gasteiger partial charge on any atom is -0.0754 e. The summed E-state index contributed by atoms with van der Waals surface area (Å²) in [5.41, 5.74) is 2.88. The van der Waals surface area contributed by atoms with Crippen molar-refractivity contribution in [1.82, 2.24) is 0 Å². The van der Waals surface area contributed by atoms with Crippen molar-refractivity contribution in [1.29, 1.82) is 0 Å². The molecule has 0 nitrogen and oxygen atoms in total. The van der Waals surface area contributed by atoms with Crippen molar-refractivity contribution in [2.45, 2.75) is 26.2 Å². The molecule has 4 aromatic rings. The highest BCUT2D eigenvalue weighted by molar-refractivity contribution is 6.22. The molecule has 0 radical (unpaired) electrons. The Morgan fingerprint density at radius 2 is 1.50 bits per heavy atom. The summed E-state index contributed by atoms with van der Waals surface area (Å²) in [6.45, 7) is 4.56. The topological polar surface area (TPSA) is 0 Å². The molecule has 1 aliphatic rings. The molecule has 1 unspecified atom stereocenters. The van der Waals surface area contributed by atoms with Crippen LogP contribution >= 0.6 is 0 Å². The molecule has 0 saturated heterocycles. The summed E-state index contributed by atoms with van der Waals surface area (Å²) in [5, 5.41) is 10.00. The largest absolute Gasteiger partial charge is 0.0754 e. The van der Waals surface area contributed by atoms with Gasteiger partial charge in [-0.1, -0.05) is 61.5 Å². The summed E-state index contributed by atoms with van der Waals surface area (Å²) < 4.78 is 0. The van der Waals surface area contributed by atoms with Crippen LogP contribution in [0.25, 0.3) is 38.4 Å². The summed E-state index contributed by atoms with van der Waals surface area (Å²) >= 11 is 0. The standard InChI is InChI=1S/C22H18/c1-13-9-11-19-18-8-4-6-16-14(2)10-12-20(22(16)18)17-7-3-5-15(13)21(17)19/h3-9,11-12,14H,10H2,1-2H3. The fraction of sp³-hybridized carbons (Fsp3) is 0.182. The first-order chi connectivity index (χ1) is 10.8. The number of aryl methyl sites for hydroxylation is 1. The van der Waals surface area contributed by atoms with Gasteiger partial charge in [-0.05, 0) is 67.9 Å². The smallest absolute Gasteiger partial charge is 0.00238 e. The lowest BCUT2D eigenvalue weighted by atomic mass is 9.82. The highest BCUT2D eigenvalue weighted by atomic mass is 14.2. The highest BCUT2D eigenvalue weighted by Crippen LogP contribution is 2.37. The number of hydrogen-bond acceptors (Lipinski definition) is 0. The Morgan fingerprint density at radius 1 is 0.773 bits per heavy atom. The Hall–Kier alpha value is -2.34. The highest BCUT2D eigenvalue weighted by Gasteiger charge is 2.18. The summed E-state index contributed by atoms with van der Waals surface area (Å²) in [6.07, 6.45) is 3.60. The van der Waals surface area contributed by atoms with Crippen molar-refractivity contribution >= 4 is 38.4 Å². The third kappa shape index (κ3) is 1.38. The molecule has 0 aliphatic heterocycles. The number of fused-ring (bicyclic) bond motifs is 2. The van der Waals surface area contributed by atoms with Gasteiger partial charge in [0.05, 0.1) is 0 Å². The second-order valence-corrected chi connectivity index (χ2v) is 6.68. The van der Waals surface area contributed by atoms with Gasteiger partial charge in [0.15, 0.2) is 0 Å². The van der Waals surface area contributed by atoms with E-state index in [1.807, 2.05) is 0 Å². The predicted molar refractivity (Wildman–Crippen MR) is 96.4 cm³/mol. The normalized spacial score (nSPS) is 17.3. The maximum absolute atomic E-state index is 2.45. The van der Waals surface area contributed by atoms with E-state index in [-0.39, 0.29) is 0 Å². The first-order valence-corrected chi connectivity index (χ1v) is 8.12. The third-order valence-corrected chi connectivity index (χ3v) is 5.41. The van der Waals surface area contributed by atoms with Gasteiger partial charge in [-0.25, -0.2) is 0 Å². The molecule has 0 amide bonds. The molecule has 0 fully saturated rings. The van der Waals surface area contributed by atoms with Gasteiger partial charge in [0.25, 0.3) is 0 Å². The number of hydrogen-bond donors (Lipinski definition) is 0. The molecule has 4 aromatic carbocycles. The monoisotopic (exact) mass is 282 g/mol. The molecular formula is C22H18. The lowest BCUT2D eigenvalue weighted by Crippen LogP contribution is -2.14. The molecule has 0 heterocycles. The Bertz CT molecular complexity index is 1120. The summed E-state index contributed by atoms with van der Waals surface area (Å²) in [5.74, 6) is 0.616. The first kappa shape index (κ1) is 12.2. The van der Waals surface area contributed by atoms with Gasteiger partial charge in [-0.15, -0.1) is 0 Å². The molecule has 1 aliphatic carbocycles. The molecule has 0 N–H and O–H groups in total. The zero-order valence-corrected chi connectivity index (χ0v) is 13.0. The maximum Gasteiger partial charge on any atom is -0.00238 e. The minimum atomic E-state index is 0.616. The average Bonchev–Trinajstić information content (AvgIpc) is 2.55. The summed E-state index contributed by atoms with van der Waals surface area (Å²) in [6, 6.07) is 18.2. The van der Waals surface area contributed by atoms with Gasteiger partial charge in [-0.2, -0.15) is 0 Å². The number of benzene rings is 4. The van der Waals surface area contributed by atoms with E-state index in [9.17, 15) is 0 Å². The van der Waals surface area contributed by atoms with Crippen molar-refractivity contribution in [2.75, 3.05) is 0 Å². The van der Waals surface area contributed by atoms with Gasteiger partial charge in [0.1, 0.15) is 0 Å². The fourth-order valence-corrected chi connectivity index (χ4v) is 4.28. The van der Waals surface area contributed by atoms with Crippen LogP contribution in [0.2, 0.25) is 0 Å². The predicted octanol–water partition coefficient (Wildman–Crippen LogP) is 5.46. The molecule has 0 aromatic heterocycles. The Labute approximate surface area is 130 Å². The van der Waals surface area contributed by atoms with Crippen LogP contribution in [0.15, 0.2) is 48.5 Å². The second kappa shape index (κ2) is 4.10. The molecule has 22 heavy (non-hydrogen) atoms. The van der Waals surface area contributed by atoms with E-state index in [0.29, 0.717) is 5.92 Å². The zero-order valence-electron chi connectivity index (χ0n) is 13.0. The second-order valence-electron chi connectivity index (χ2n) is 6.68. The van der Waals surface area contributed by atoms with Gasteiger partial charge in [-0.3, -0.25) is 0 Å². The Kier molecular flexibility index (Phi) is 2.28. The quantitative estimate of drug-likeness (QED) is 0.297. The van der Waals surface area contributed by atoms with E-state index < -0.39 is 0 Å². The van der Waals surface area contributed by atoms with Gasteiger partial charge in [0.2, 0.25) is 0 Å². The van der Waals surface area contributed by atoms with Gasteiger partial charge < -0.3 is 0 Å². The van der Waals surface area contributed by atoms with Crippen LogP contribution in [0.3, 0.4) is 0 Å². The van der Waals surface area contributed by atoms with E-state index in [0.717, 1.165) is 6.42 Å². The van der Waals surface area contributed by atoms with Crippen molar-refractivity contribution < 1.29 is 0 Å². The maximum atomic E-state index is 2.45. The minimum absolute atomic E-state index is 0.616. The van der Waals surface area contributed by atoms with Crippen molar-refractivity contribution in [3.63, 3.8) is 0 Å². The zero-order chi connectivity index (χ0) is 14.8. The molecule has 0 saturated carbocycles. The van der Waals surface area contributed by atoms with Gasteiger partial charge in [0, 0.05) is 0 Å². The lowest BCUT2D eigenvalue weighted by Gasteiger charge is -2.21.